The Balaban J connectivity index is 2.13. The molecule has 2 nitrogen and oxygen atoms in total. The van der Waals surface area contributed by atoms with Crippen LogP contribution < -0.4 is 0 Å². The van der Waals surface area contributed by atoms with E-state index < -0.39 is 5.92 Å². The Hall–Kier alpha value is -2.36. The number of alkyl halides is 2. The standard InChI is InChI=1S/C15H10F2N2/c16-15(17,14-7-8-18-10-19-14)13-6-5-11-3-1-2-4-12(11)9-13/h1-10H. The van der Waals surface area contributed by atoms with Gasteiger partial charge in [0.25, 0.3) is 0 Å². The maximum Gasteiger partial charge on any atom is 0.315 e. The molecule has 19 heavy (non-hydrogen) atoms. The van der Waals surface area contributed by atoms with Crippen LogP contribution in [0.4, 0.5) is 8.78 Å². The molecule has 0 aliphatic heterocycles. The summed E-state index contributed by atoms with van der Waals surface area (Å²) in [5.41, 5.74) is -0.359. The Kier molecular flexibility index (Phi) is 2.71. The van der Waals surface area contributed by atoms with Crippen LogP contribution in [0.25, 0.3) is 10.8 Å². The van der Waals surface area contributed by atoms with Gasteiger partial charge in [-0.25, -0.2) is 9.97 Å². The van der Waals surface area contributed by atoms with Gasteiger partial charge in [0.1, 0.15) is 12.0 Å². The van der Waals surface area contributed by atoms with E-state index in [1.165, 1.54) is 24.4 Å². The molecule has 0 saturated carbocycles. The van der Waals surface area contributed by atoms with Gasteiger partial charge in [-0.2, -0.15) is 8.78 Å². The third-order valence-corrected chi connectivity index (χ3v) is 3.02. The molecule has 3 aromatic rings. The van der Waals surface area contributed by atoms with Gasteiger partial charge in [-0.15, -0.1) is 0 Å². The fourth-order valence-electron chi connectivity index (χ4n) is 2.01. The first kappa shape index (κ1) is 11.7. The van der Waals surface area contributed by atoms with Gasteiger partial charge in [0.15, 0.2) is 0 Å². The summed E-state index contributed by atoms with van der Waals surface area (Å²) in [5, 5.41) is 1.72. The molecule has 0 fully saturated rings. The average molecular weight is 256 g/mol. The smallest absolute Gasteiger partial charge is 0.245 e. The molecule has 0 aliphatic carbocycles. The van der Waals surface area contributed by atoms with Crippen LogP contribution in [0.1, 0.15) is 11.3 Å². The summed E-state index contributed by atoms with van der Waals surface area (Å²) in [6, 6.07) is 13.3. The number of nitrogens with zero attached hydrogens (tertiary/aromatic N) is 2. The first-order valence-electron chi connectivity index (χ1n) is 5.81. The van der Waals surface area contributed by atoms with Crippen molar-refractivity contribution in [1.29, 1.82) is 0 Å². The van der Waals surface area contributed by atoms with E-state index in [0.29, 0.717) is 0 Å². The monoisotopic (exact) mass is 256 g/mol. The first-order chi connectivity index (χ1) is 9.18. The number of hydrogen-bond donors (Lipinski definition) is 0. The van der Waals surface area contributed by atoms with Crippen LogP contribution >= 0.6 is 0 Å². The third kappa shape index (κ3) is 2.05. The molecule has 0 bridgehead atoms. The van der Waals surface area contributed by atoms with Crippen LogP contribution in [0.3, 0.4) is 0 Å². The van der Waals surface area contributed by atoms with E-state index in [4.69, 9.17) is 0 Å². The molecule has 94 valence electrons. The summed E-state index contributed by atoms with van der Waals surface area (Å²) in [7, 11) is 0. The SMILES string of the molecule is FC(F)(c1ccc2ccccc2c1)c1ccncn1. The van der Waals surface area contributed by atoms with Crippen LogP contribution in [0, 0.1) is 0 Å². The van der Waals surface area contributed by atoms with Gasteiger partial charge in [0, 0.05) is 11.8 Å². The summed E-state index contributed by atoms with van der Waals surface area (Å²) in [6.07, 6.45) is 2.45. The quantitative estimate of drug-likeness (QED) is 0.697. The zero-order valence-electron chi connectivity index (χ0n) is 9.92. The van der Waals surface area contributed by atoms with Crippen molar-refractivity contribution in [2.75, 3.05) is 0 Å². The highest BCUT2D eigenvalue weighted by atomic mass is 19.3. The number of hydrogen-bond acceptors (Lipinski definition) is 2. The van der Waals surface area contributed by atoms with Gasteiger partial charge in [0.05, 0.1) is 0 Å². The van der Waals surface area contributed by atoms with Crippen molar-refractivity contribution in [3.8, 4) is 0 Å². The van der Waals surface area contributed by atoms with E-state index in [1.807, 2.05) is 24.3 Å². The molecule has 0 radical (unpaired) electrons. The van der Waals surface area contributed by atoms with Crippen LogP contribution in [0.2, 0.25) is 0 Å². The summed E-state index contributed by atoms with van der Waals surface area (Å²) in [5.74, 6) is -3.12. The second-order valence-corrected chi connectivity index (χ2v) is 4.23. The molecule has 0 amide bonds. The molecule has 0 atom stereocenters. The molecule has 2 aromatic carbocycles. The predicted octanol–water partition coefficient (Wildman–Crippen LogP) is 3.77. The van der Waals surface area contributed by atoms with E-state index in [0.717, 1.165) is 17.1 Å². The van der Waals surface area contributed by atoms with Crippen molar-refractivity contribution < 1.29 is 8.78 Å². The predicted molar refractivity (Wildman–Crippen MR) is 69.0 cm³/mol. The maximum absolute atomic E-state index is 14.3. The number of aromatic nitrogens is 2. The Labute approximate surface area is 108 Å². The Morgan fingerprint density at radius 1 is 0.895 bits per heavy atom. The fraction of sp³-hybridized carbons (Fsp3) is 0.0667. The lowest BCUT2D eigenvalue weighted by Crippen LogP contribution is -2.17. The summed E-state index contributed by atoms with van der Waals surface area (Å²) >= 11 is 0. The lowest BCUT2D eigenvalue weighted by Gasteiger charge is -2.16. The van der Waals surface area contributed by atoms with Gasteiger partial charge < -0.3 is 0 Å². The molecular formula is C15H10F2N2. The van der Waals surface area contributed by atoms with Crippen LogP contribution in [0.5, 0.6) is 0 Å². The number of fused-ring (bicyclic) bond motifs is 1. The van der Waals surface area contributed by atoms with Gasteiger partial charge >= 0.3 is 5.92 Å². The number of rotatable bonds is 2. The second kappa shape index (κ2) is 4.39. The highest BCUT2D eigenvalue weighted by Crippen LogP contribution is 2.35. The highest BCUT2D eigenvalue weighted by molar-refractivity contribution is 5.83. The average Bonchev–Trinajstić information content (AvgIpc) is 2.47. The lowest BCUT2D eigenvalue weighted by molar-refractivity contribution is 0.0380. The molecule has 3 rings (SSSR count). The van der Waals surface area contributed by atoms with E-state index in [9.17, 15) is 8.78 Å². The van der Waals surface area contributed by atoms with Crippen molar-refractivity contribution in [2.24, 2.45) is 0 Å². The van der Waals surface area contributed by atoms with Crippen molar-refractivity contribution in [2.45, 2.75) is 5.92 Å². The number of halogens is 2. The van der Waals surface area contributed by atoms with Gasteiger partial charge in [-0.3, -0.25) is 0 Å². The molecule has 0 N–H and O–H groups in total. The fourth-order valence-corrected chi connectivity index (χ4v) is 2.01. The zero-order chi connectivity index (χ0) is 13.3. The van der Waals surface area contributed by atoms with E-state index in [1.54, 1.807) is 6.07 Å². The molecule has 0 aliphatic rings. The van der Waals surface area contributed by atoms with Crippen LogP contribution in [-0.2, 0) is 5.92 Å². The largest absolute Gasteiger partial charge is 0.315 e. The maximum atomic E-state index is 14.3. The Bertz CT molecular complexity index is 711. The molecule has 0 unspecified atom stereocenters. The van der Waals surface area contributed by atoms with E-state index in [2.05, 4.69) is 9.97 Å². The third-order valence-electron chi connectivity index (χ3n) is 3.02. The van der Waals surface area contributed by atoms with Crippen molar-refractivity contribution >= 4 is 10.8 Å². The van der Waals surface area contributed by atoms with E-state index >= 15 is 0 Å². The molecule has 0 saturated heterocycles. The van der Waals surface area contributed by atoms with Crippen molar-refractivity contribution in [3.05, 3.63) is 72.3 Å². The van der Waals surface area contributed by atoms with Crippen LogP contribution in [0.15, 0.2) is 61.1 Å². The normalized spacial score (nSPS) is 11.7. The Morgan fingerprint density at radius 2 is 1.68 bits per heavy atom. The first-order valence-corrected chi connectivity index (χ1v) is 5.81. The van der Waals surface area contributed by atoms with Crippen molar-refractivity contribution in [1.82, 2.24) is 9.97 Å². The summed E-state index contributed by atoms with van der Waals surface area (Å²) in [6.45, 7) is 0. The van der Waals surface area contributed by atoms with Gasteiger partial charge in [0.2, 0.25) is 0 Å². The summed E-state index contributed by atoms with van der Waals surface area (Å²) < 4.78 is 28.7. The number of benzene rings is 2. The molecule has 1 aromatic heterocycles. The van der Waals surface area contributed by atoms with E-state index in [-0.39, 0.29) is 11.3 Å². The minimum atomic E-state index is -3.12. The molecule has 0 spiro atoms. The molecule has 1 heterocycles. The van der Waals surface area contributed by atoms with Gasteiger partial charge in [-0.1, -0.05) is 36.4 Å². The van der Waals surface area contributed by atoms with Crippen LogP contribution in [-0.4, -0.2) is 9.97 Å². The topological polar surface area (TPSA) is 25.8 Å². The lowest BCUT2D eigenvalue weighted by atomic mass is 10.0. The second-order valence-electron chi connectivity index (χ2n) is 4.23. The molecule has 4 heteroatoms. The minimum absolute atomic E-state index is 0.0649. The Morgan fingerprint density at radius 3 is 2.42 bits per heavy atom. The van der Waals surface area contributed by atoms with Crippen molar-refractivity contribution in [3.63, 3.8) is 0 Å². The summed E-state index contributed by atoms with van der Waals surface area (Å²) in [4.78, 5) is 7.30. The molecular weight excluding hydrogens is 246 g/mol. The zero-order valence-corrected chi connectivity index (χ0v) is 9.92. The minimum Gasteiger partial charge on any atom is -0.245 e. The highest BCUT2D eigenvalue weighted by Gasteiger charge is 2.35. The van der Waals surface area contributed by atoms with Gasteiger partial charge in [-0.05, 0) is 22.9 Å².